The molecule has 2 rings (SSSR count). The molecule has 0 atom stereocenters. The zero-order valence-electron chi connectivity index (χ0n) is 12.6. The van der Waals surface area contributed by atoms with Crippen LogP contribution in [-0.4, -0.2) is 23.3 Å². The summed E-state index contributed by atoms with van der Waals surface area (Å²) in [5.74, 6) is -0.0722. The van der Waals surface area contributed by atoms with Crippen molar-refractivity contribution in [1.29, 1.82) is 0 Å². The van der Waals surface area contributed by atoms with Gasteiger partial charge in [-0.15, -0.1) is 0 Å². The molecule has 0 saturated heterocycles. The molecule has 0 radical (unpaired) electrons. The predicted molar refractivity (Wildman–Crippen MR) is 89.8 cm³/mol. The van der Waals surface area contributed by atoms with E-state index in [0.29, 0.717) is 23.6 Å². The van der Waals surface area contributed by atoms with Crippen molar-refractivity contribution in [2.75, 3.05) is 6.54 Å². The molecule has 0 fully saturated rings. The molecule has 120 valence electrons. The summed E-state index contributed by atoms with van der Waals surface area (Å²) in [6.07, 6.45) is 0.815. The summed E-state index contributed by atoms with van der Waals surface area (Å²) in [4.78, 5) is 23.7. The lowest BCUT2D eigenvalue weighted by Crippen LogP contribution is -2.26. The highest BCUT2D eigenvalue weighted by Gasteiger charge is 2.09. The molecule has 0 spiro atoms. The number of hydrogen-bond donors (Lipinski definition) is 2. The van der Waals surface area contributed by atoms with Crippen LogP contribution in [0.4, 0.5) is 0 Å². The fourth-order valence-corrected chi connectivity index (χ4v) is 2.37. The van der Waals surface area contributed by atoms with Crippen LogP contribution in [0.3, 0.4) is 0 Å². The first kappa shape index (κ1) is 17.0. The van der Waals surface area contributed by atoms with Gasteiger partial charge in [-0.1, -0.05) is 41.9 Å². The fraction of sp³-hybridized carbons (Fsp3) is 0.222. The van der Waals surface area contributed by atoms with E-state index in [1.807, 2.05) is 12.1 Å². The normalized spacial score (nSPS) is 10.3. The number of Topliss-reactive ketones (excluding diaryl/α,β-unsaturated/α-hetero) is 1. The van der Waals surface area contributed by atoms with E-state index in [0.717, 1.165) is 5.56 Å². The van der Waals surface area contributed by atoms with Crippen LogP contribution in [-0.2, 0) is 11.2 Å². The van der Waals surface area contributed by atoms with Crippen LogP contribution in [0.15, 0.2) is 48.5 Å². The molecule has 23 heavy (non-hydrogen) atoms. The molecule has 4 nitrogen and oxygen atoms in total. The standard InChI is InChI=1S/C18H18ClNO3/c19-15-6-3-5-14(12-15)17(22)8-9-18(23)20-11-10-13-4-1-2-7-16(13)21/h1-7,12,21H,8-11H2,(H,20,23). The van der Waals surface area contributed by atoms with Crippen LogP contribution in [0.2, 0.25) is 5.02 Å². The minimum absolute atomic E-state index is 0.108. The van der Waals surface area contributed by atoms with Crippen molar-refractivity contribution in [1.82, 2.24) is 5.32 Å². The van der Waals surface area contributed by atoms with Gasteiger partial charge in [0, 0.05) is 30.0 Å². The maximum atomic E-state index is 12.0. The Morgan fingerprint density at radius 1 is 1.04 bits per heavy atom. The molecule has 0 unspecified atom stereocenters. The lowest BCUT2D eigenvalue weighted by atomic mass is 10.1. The lowest BCUT2D eigenvalue weighted by molar-refractivity contribution is -0.121. The number of halogens is 1. The molecule has 0 aliphatic carbocycles. The van der Waals surface area contributed by atoms with Gasteiger partial charge in [-0.3, -0.25) is 9.59 Å². The van der Waals surface area contributed by atoms with E-state index in [9.17, 15) is 14.7 Å². The third-order valence-electron chi connectivity index (χ3n) is 3.43. The summed E-state index contributed by atoms with van der Waals surface area (Å²) in [5, 5.41) is 12.9. The van der Waals surface area contributed by atoms with Crippen LogP contribution in [0.1, 0.15) is 28.8 Å². The maximum Gasteiger partial charge on any atom is 0.220 e. The summed E-state index contributed by atoms with van der Waals surface area (Å²) >= 11 is 5.84. The number of phenolic OH excluding ortho intramolecular Hbond substituents is 1. The largest absolute Gasteiger partial charge is 0.508 e. The molecule has 0 aliphatic heterocycles. The summed E-state index contributed by atoms with van der Waals surface area (Å²) < 4.78 is 0. The first-order chi connectivity index (χ1) is 11.1. The molecule has 2 aromatic rings. The summed E-state index contributed by atoms with van der Waals surface area (Å²) in [5.41, 5.74) is 1.29. The van der Waals surface area contributed by atoms with Crippen molar-refractivity contribution in [3.05, 3.63) is 64.7 Å². The molecule has 0 saturated carbocycles. The fourth-order valence-electron chi connectivity index (χ4n) is 2.18. The summed E-state index contributed by atoms with van der Waals surface area (Å²) in [6.45, 7) is 0.418. The van der Waals surface area contributed by atoms with E-state index >= 15 is 0 Å². The van der Waals surface area contributed by atoms with E-state index in [1.54, 1.807) is 36.4 Å². The smallest absolute Gasteiger partial charge is 0.220 e. The van der Waals surface area contributed by atoms with Crippen LogP contribution >= 0.6 is 11.6 Å². The van der Waals surface area contributed by atoms with Crippen LogP contribution in [0, 0.1) is 0 Å². The first-order valence-electron chi connectivity index (χ1n) is 7.38. The SMILES string of the molecule is O=C(CCC(=O)c1cccc(Cl)c1)NCCc1ccccc1O. The Hall–Kier alpha value is -2.33. The van der Waals surface area contributed by atoms with Crippen molar-refractivity contribution < 1.29 is 14.7 Å². The van der Waals surface area contributed by atoms with Crippen LogP contribution in [0.5, 0.6) is 5.75 Å². The second kappa shape index (κ2) is 8.34. The minimum Gasteiger partial charge on any atom is -0.508 e. The zero-order valence-corrected chi connectivity index (χ0v) is 13.3. The van der Waals surface area contributed by atoms with Gasteiger partial charge >= 0.3 is 0 Å². The van der Waals surface area contributed by atoms with Gasteiger partial charge in [0.15, 0.2) is 5.78 Å². The van der Waals surface area contributed by atoms with Crippen LogP contribution < -0.4 is 5.32 Å². The van der Waals surface area contributed by atoms with E-state index in [2.05, 4.69) is 5.32 Å². The van der Waals surface area contributed by atoms with Gasteiger partial charge in [0.2, 0.25) is 5.91 Å². The number of ketones is 1. The quantitative estimate of drug-likeness (QED) is 0.764. The average molecular weight is 332 g/mol. The van der Waals surface area contributed by atoms with E-state index in [1.165, 1.54) is 0 Å². The Morgan fingerprint density at radius 2 is 1.83 bits per heavy atom. The highest BCUT2D eigenvalue weighted by atomic mass is 35.5. The van der Waals surface area contributed by atoms with Crippen molar-refractivity contribution >= 4 is 23.3 Å². The predicted octanol–water partition coefficient (Wildman–Crippen LogP) is 3.37. The maximum absolute atomic E-state index is 12.0. The molecular formula is C18H18ClNO3. The van der Waals surface area contributed by atoms with E-state index in [-0.39, 0.29) is 30.3 Å². The number of amides is 1. The van der Waals surface area contributed by atoms with Crippen LogP contribution in [0.25, 0.3) is 0 Å². The number of aromatic hydroxyl groups is 1. The molecule has 1 amide bonds. The number of para-hydroxylation sites is 1. The second-order valence-corrected chi connectivity index (χ2v) is 5.60. The molecule has 5 heteroatoms. The third kappa shape index (κ3) is 5.42. The Balaban J connectivity index is 1.73. The Bertz CT molecular complexity index is 700. The number of nitrogens with one attached hydrogen (secondary N) is 1. The third-order valence-corrected chi connectivity index (χ3v) is 3.67. The number of hydrogen-bond acceptors (Lipinski definition) is 3. The number of carbonyl (C=O) groups is 2. The number of rotatable bonds is 7. The number of phenols is 1. The Labute approximate surface area is 140 Å². The molecule has 2 N–H and O–H groups in total. The second-order valence-electron chi connectivity index (χ2n) is 5.16. The van der Waals surface area contributed by atoms with Crippen molar-refractivity contribution in [2.24, 2.45) is 0 Å². The molecule has 0 heterocycles. The van der Waals surface area contributed by atoms with Gasteiger partial charge in [0.05, 0.1) is 0 Å². The van der Waals surface area contributed by atoms with E-state index in [4.69, 9.17) is 11.6 Å². The highest BCUT2D eigenvalue weighted by Crippen LogP contribution is 2.15. The van der Waals surface area contributed by atoms with Gasteiger partial charge < -0.3 is 10.4 Å². The summed E-state index contributed by atoms with van der Waals surface area (Å²) in [7, 11) is 0. The highest BCUT2D eigenvalue weighted by molar-refractivity contribution is 6.31. The van der Waals surface area contributed by atoms with Gasteiger partial charge in [0.25, 0.3) is 0 Å². The molecule has 2 aromatic carbocycles. The molecule has 0 aliphatic rings. The molecule has 0 aromatic heterocycles. The van der Waals surface area contributed by atoms with E-state index < -0.39 is 0 Å². The van der Waals surface area contributed by atoms with Gasteiger partial charge in [0.1, 0.15) is 5.75 Å². The van der Waals surface area contributed by atoms with Crippen molar-refractivity contribution in [3.63, 3.8) is 0 Å². The molecule has 0 bridgehead atoms. The average Bonchev–Trinajstić information content (AvgIpc) is 2.54. The first-order valence-corrected chi connectivity index (χ1v) is 7.76. The minimum atomic E-state index is -0.184. The van der Waals surface area contributed by atoms with Gasteiger partial charge in [-0.05, 0) is 30.2 Å². The molecular weight excluding hydrogens is 314 g/mol. The topological polar surface area (TPSA) is 66.4 Å². The Morgan fingerprint density at radius 3 is 2.57 bits per heavy atom. The van der Waals surface area contributed by atoms with Crippen molar-refractivity contribution in [3.8, 4) is 5.75 Å². The van der Waals surface area contributed by atoms with Gasteiger partial charge in [-0.25, -0.2) is 0 Å². The monoisotopic (exact) mass is 331 g/mol. The lowest BCUT2D eigenvalue weighted by Gasteiger charge is -2.07. The zero-order chi connectivity index (χ0) is 16.7. The summed E-state index contributed by atoms with van der Waals surface area (Å²) in [6, 6.07) is 13.7. The van der Waals surface area contributed by atoms with Gasteiger partial charge in [-0.2, -0.15) is 0 Å². The Kier molecular flexibility index (Phi) is 6.18. The number of carbonyl (C=O) groups excluding carboxylic acids is 2. The number of benzene rings is 2. The van der Waals surface area contributed by atoms with Crippen molar-refractivity contribution in [2.45, 2.75) is 19.3 Å².